The van der Waals surface area contributed by atoms with Gasteiger partial charge in [0, 0.05) is 12.3 Å². The van der Waals surface area contributed by atoms with Crippen LogP contribution >= 0.6 is 0 Å². The SMILES string of the molecule is NN/N=C(\N)C1=NNNC1c1ccc(=O)[nH]c1. The molecular formula is C8H12N8O. The van der Waals surface area contributed by atoms with Crippen molar-refractivity contribution in [1.29, 1.82) is 0 Å². The van der Waals surface area contributed by atoms with E-state index in [0.717, 1.165) is 5.56 Å². The molecule has 0 saturated carbocycles. The van der Waals surface area contributed by atoms with Crippen molar-refractivity contribution in [3.8, 4) is 0 Å². The third-order valence-corrected chi connectivity index (χ3v) is 2.25. The number of rotatable bonds is 3. The van der Waals surface area contributed by atoms with Crippen LogP contribution in [0.15, 0.2) is 33.3 Å². The predicted molar refractivity (Wildman–Crippen MR) is 62.5 cm³/mol. The van der Waals surface area contributed by atoms with Crippen molar-refractivity contribution in [3.05, 3.63) is 34.2 Å². The quantitative estimate of drug-likeness (QED) is 0.149. The molecule has 1 atom stereocenters. The number of hydrogen-bond donors (Lipinski definition) is 6. The Morgan fingerprint density at radius 2 is 2.35 bits per heavy atom. The number of nitrogens with zero attached hydrogens (tertiary/aromatic N) is 2. The van der Waals surface area contributed by atoms with Crippen LogP contribution in [0.1, 0.15) is 11.6 Å². The molecule has 0 fully saturated rings. The maximum atomic E-state index is 11.0. The van der Waals surface area contributed by atoms with Crippen LogP contribution in [-0.4, -0.2) is 16.5 Å². The van der Waals surface area contributed by atoms with E-state index in [9.17, 15) is 4.79 Å². The lowest BCUT2D eigenvalue weighted by Gasteiger charge is -2.11. The third-order valence-electron chi connectivity index (χ3n) is 2.25. The molecule has 0 spiro atoms. The summed E-state index contributed by atoms with van der Waals surface area (Å²) >= 11 is 0. The van der Waals surface area contributed by atoms with E-state index in [1.165, 1.54) is 6.07 Å². The Kier molecular flexibility index (Phi) is 3.03. The van der Waals surface area contributed by atoms with E-state index in [-0.39, 0.29) is 17.4 Å². The molecule has 1 aliphatic rings. The highest BCUT2D eigenvalue weighted by molar-refractivity contribution is 6.42. The van der Waals surface area contributed by atoms with Crippen LogP contribution in [0.5, 0.6) is 0 Å². The topological polar surface area (TPSA) is 146 Å². The Balaban J connectivity index is 2.28. The average molecular weight is 236 g/mol. The number of hydrogen-bond acceptors (Lipinski definition) is 7. The predicted octanol–water partition coefficient (Wildman–Crippen LogP) is -2.38. The fraction of sp³-hybridized carbons (Fsp3) is 0.125. The molecule has 0 radical (unpaired) electrons. The summed E-state index contributed by atoms with van der Waals surface area (Å²) in [5.74, 6) is 5.19. The van der Waals surface area contributed by atoms with E-state index < -0.39 is 0 Å². The molecule has 1 aromatic heterocycles. The first kappa shape index (κ1) is 11.1. The number of hydrazine groups is 2. The number of pyridine rings is 1. The maximum Gasteiger partial charge on any atom is 0.247 e. The van der Waals surface area contributed by atoms with Gasteiger partial charge in [0.25, 0.3) is 0 Å². The van der Waals surface area contributed by atoms with E-state index in [1.807, 2.05) is 0 Å². The van der Waals surface area contributed by atoms with Gasteiger partial charge in [-0.2, -0.15) is 5.10 Å². The number of aromatic amines is 1. The molecular weight excluding hydrogens is 224 g/mol. The second-order valence-electron chi connectivity index (χ2n) is 3.30. The molecule has 2 rings (SSSR count). The van der Waals surface area contributed by atoms with Crippen molar-refractivity contribution in [2.45, 2.75) is 6.04 Å². The zero-order chi connectivity index (χ0) is 12.3. The molecule has 9 heteroatoms. The number of nitrogens with one attached hydrogen (secondary N) is 4. The van der Waals surface area contributed by atoms with Gasteiger partial charge in [0.05, 0.1) is 0 Å². The molecule has 17 heavy (non-hydrogen) atoms. The molecule has 1 aliphatic heterocycles. The van der Waals surface area contributed by atoms with Gasteiger partial charge in [-0.05, 0) is 5.56 Å². The van der Waals surface area contributed by atoms with Gasteiger partial charge in [-0.25, -0.2) is 22.3 Å². The lowest BCUT2D eigenvalue weighted by Crippen LogP contribution is -2.35. The Bertz CT molecular complexity index is 498. The van der Waals surface area contributed by atoms with Gasteiger partial charge in [-0.3, -0.25) is 4.79 Å². The second-order valence-corrected chi connectivity index (χ2v) is 3.30. The summed E-state index contributed by atoms with van der Waals surface area (Å²) in [4.78, 5) is 13.5. The normalized spacial score (nSPS) is 19.7. The number of nitrogens with two attached hydrogens (primary N) is 2. The number of hydrazone groups is 2. The first-order valence-electron chi connectivity index (χ1n) is 4.78. The van der Waals surface area contributed by atoms with E-state index in [1.54, 1.807) is 12.3 Å². The molecule has 0 saturated heterocycles. The maximum absolute atomic E-state index is 11.0. The summed E-state index contributed by atoms with van der Waals surface area (Å²) in [5.41, 5.74) is 14.3. The van der Waals surface area contributed by atoms with Gasteiger partial charge in [0.15, 0.2) is 5.84 Å². The number of aromatic nitrogens is 1. The highest BCUT2D eigenvalue weighted by Gasteiger charge is 2.25. The van der Waals surface area contributed by atoms with E-state index in [0.29, 0.717) is 5.71 Å². The average Bonchev–Trinajstić information content (AvgIpc) is 2.79. The highest BCUT2D eigenvalue weighted by atomic mass is 16.1. The molecule has 0 bridgehead atoms. The molecule has 8 N–H and O–H groups in total. The summed E-state index contributed by atoms with van der Waals surface area (Å²) in [6, 6.07) is 2.79. The summed E-state index contributed by atoms with van der Waals surface area (Å²) in [7, 11) is 0. The lowest BCUT2D eigenvalue weighted by atomic mass is 10.0. The van der Waals surface area contributed by atoms with E-state index in [4.69, 9.17) is 11.6 Å². The zero-order valence-corrected chi connectivity index (χ0v) is 8.77. The molecule has 0 aliphatic carbocycles. The summed E-state index contributed by atoms with van der Waals surface area (Å²) in [6.45, 7) is 0. The zero-order valence-electron chi connectivity index (χ0n) is 8.77. The van der Waals surface area contributed by atoms with Crippen molar-refractivity contribution < 1.29 is 0 Å². The largest absolute Gasteiger partial charge is 0.381 e. The Morgan fingerprint density at radius 3 is 3.00 bits per heavy atom. The monoisotopic (exact) mass is 236 g/mol. The van der Waals surface area contributed by atoms with Crippen LogP contribution in [0.25, 0.3) is 0 Å². The highest BCUT2D eigenvalue weighted by Crippen LogP contribution is 2.14. The number of H-pyrrole nitrogens is 1. The first-order chi connectivity index (χ1) is 8.22. The van der Waals surface area contributed by atoms with Gasteiger partial charge >= 0.3 is 0 Å². The fourth-order valence-corrected chi connectivity index (χ4v) is 1.47. The smallest absolute Gasteiger partial charge is 0.247 e. The summed E-state index contributed by atoms with van der Waals surface area (Å²) in [6.07, 6.45) is 1.58. The van der Waals surface area contributed by atoms with Crippen LogP contribution in [0, 0.1) is 0 Å². The third kappa shape index (κ3) is 2.24. The Labute approximate surface area is 95.9 Å². The number of amidine groups is 1. The van der Waals surface area contributed by atoms with Crippen LogP contribution in [0.2, 0.25) is 0 Å². The van der Waals surface area contributed by atoms with Crippen molar-refractivity contribution in [2.24, 2.45) is 21.8 Å². The molecule has 9 nitrogen and oxygen atoms in total. The standard InChI is InChI=1S/C8H12N8O/c9-8(14-15-10)7-6(12-16-13-7)4-1-2-5(17)11-3-4/h1-3,6,12,15-16H,10H2,(H2,9,14)(H,11,17). The minimum atomic E-state index is -0.302. The van der Waals surface area contributed by atoms with Crippen LogP contribution in [-0.2, 0) is 0 Å². The Morgan fingerprint density at radius 1 is 1.53 bits per heavy atom. The van der Waals surface area contributed by atoms with E-state index >= 15 is 0 Å². The van der Waals surface area contributed by atoms with E-state index in [2.05, 4.69) is 31.7 Å². The van der Waals surface area contributed by atoms with Crippen molar-refractivity contribution >= 4 is 11.5 Å². The van der Waals surface area contributed by atoms with Crippen LogP contribution in [0.3, 0.4) is 0 Å². The van der Waals surface area contributed by atoms with Crippen LogP contribution in [0.4, 0.5) is 0 Å². The fourth-order valence-electron chi connectivity index (χ4n) is 1.47. The minimum Gasteiger partial charge on any atom is -0.381 e. The molecule has 0 amide bonds. The molecule has 1 unspecified atom stereocenters. The molecule has 0 aromatic carbocycles. The van der Waals surface area contributed by atoms with Gasteiger partial charge in [0.1, 0.15) is 11.8 Å². The van der Waals surface area contributed by atoms with Gasteiger partial charge in [0.2, 0.25) is 5.56 Å². The summed E-state index contributed by atoms with van der Waals surface area (Å²) in [5, 5.41) is 7.59. The van der Waals surface area contributed by atoms with Crippen molar-refractivity contribution in [3.63, 3.8) is 0 Å². The lowest BCUT2D eigenvalue weighted by molar-refractivity contribution is 0.575. The van der Waals surface area contributed by atoms with Crippen LogP contribution < -0.4 is 33.6 Å². The van der Waals surface area contributed by atoms with Gasteiger partial charge in [-0.1, -0.05) is 6.07 Å². The molecule has 90 valence electrons. The van der Waals surface area contributed by atoms with Crippen molar-refractivity contribution in [1.82, 2.24) is 21.5 Å². The van der Waals surface area contributed by atoms with Gasteiger partial charge < -0.3 is 10.7 Å². The van der Waals surface area contributed by atoms with Gasteiger partial charge in [-0.15, -0.1) is 5.10 Å². The molecule has 2 heterocycles. The summed E-state index contributed by atoms with van der Waals surface area (Å²) < 4.78 is 0. The Hall–Kier alpha value is -2.39. The minimum absolute atomic E-state index is 0.154. The second kappa shape index (κ2) is 4.63. The van der Waals surface area contributed by atoms with Crippen molar-refractivity contribution in [2.75, 3.05) is 0 Å². The molecule has 1 aromatic rings. The first-order valence-corrected chi connectivity index (χ1v) is 4.78.